The van der Waals surface area contributed by atoms with Crippen LogP contribution in [0.5, 0.6) is 0 Å². The molecular formula is C5H10N4O. The Hall–Kier alpha value is -1.13. The van der Waals surface area contributed by atoms with E-state index in [2.05, 4.69) is 15.6 Å². The Morgan fingerprint density at radius 1 is 1.60 bits per heavy atom. The number of hydrogen-bond acceptors (Lipinski definition) is 5. The van der Waals surface area contributed by atoms with E-state index < -0.39 is 0 Å². The van der Waals surface area contributed by atoms with E-state index in [1.165, 1.54) is 0 Å². The van der Waals surface area contributed by atoms with Crippen molar-refractivity contribution in [1.29, 1.82) is 0 Å². The third kappa shape index (κ3) is 2.43. The SMILES string of the molecule is CN1/C=N\N=N/OCCC1. The van der Waals surface area contributed by atoms with E-state index in [9.17, 15) is 0 Å². The van der Waals surface area contributed by atoms with Crippen molar-refractivity contribution in [2.45, 2.75) is 6.42 Å². The van der Waals surface area contributed by atoms with Gasteiger partial charge in [0.25, 0.3) is 0 Å². The average molecular weight is 142 g/mol. The molecule has 0 fully saturated rings. The molecule has 0 atom stereocenters. The predicted molar refractivity (Wildman–Crippen MR) is 36.5 cm³/mol. The van der Waals surface area contributed by atoms with Crippen molar-refractivity contribution < 1.29 is 4.84 Å². The van der Waals surface area contributed by atoms with Gasteiger partial charge in [-0.3, -0.25) is 0 Å². The summed E-state index contributed by atoms with van der Waals surface area (Å²) in [6, 6.07) is 0. The topological polar surface area (TPSA) is 49.5 Å². The summed E-state index contributed by atoms with van der Waals surface area (Å²) in [6.45, 7) is 1.53. The Balaban J connectivity index is 2.40. The minimum atomic E-state index is 0.608. The molecule has 0 unspecified atom stereocenters. The van der Waals surface area contributed by atoms with Crippen LogP contribution in [0.25, 0.3) is 0 Å². The molecule has 0 aromatic carbocycles. The van der Waals surface area contributed by atoms with Crippen molar-refractivity contribution in [1.82, 2.24) is 4.90 Å². The van der Waals surface area contributed by atoms with Crippen LogP contribution in [0.3, 0.4) is 0 Å². The quantitative estimate of drug-likeness (QED) is 0.498. The zero-order valence-electron chi connectivity index (χ0n) is 5.90. The molecule has 0 aliphatic carbocycles. The highest BCUT2D eigenvalue weighted by molar-refractivity contribution is 5.53. The third-order valence-electron chi connectivity index (χ3n) is 1.14. The maximum Gasteiger partial charge on any atom is 0.120 e. The van der Waals surface area contributed by atoms with Gasteiger partial charge in [-0.05, 0) is 5.22 Å². The molecule has 0 radical (unpaired) electrons. The van der Waals surface area contributed by atoms with Crippen LogP contribution in [0.2, 0.25) is 0 Å². The molecular weight excluding hydrogens is 132 g/mol. The minimum absolute atomic E-state index is 0.608. The first-order chi connectivity index (χ1) is 4.89. The number of rotatable bonds is 0. The first-order valence-corrected chi connectivity index (χ1v) is 3.15. The summed E-state index contributed by atoms with van der Waals surface area (Å²) in [5.41, 5.74) is 0. The highest BCUT2D eigenvalue weighted by Crippen LogP contribution is 1.91. The molecule has 5 nitrogen and oxygen atoms in total. The summed E-state index contributed by atoms with van der Waals surface area (Å²) >= 11 is 0. The minimum Gasteiger partial charge on any atom is -0.378 e. The van der Waals surface area contributed by atoms with Crippen LogP contribution in [0.15, 0.2) is 15.6 Å². The van der Waals surface area contributed by atoms with E-state index in [0.717, 1.165) is 13.0 Å². The van der Waals surface area contributed by atoms with E-state index >= 15 is 0 Å². The van der Waals surface area contributed by atoms with Crippen LogP contribution in [0, 0.1) is 0 Å². The van der Waals surface area contributed by atoms with Gasteiger partial charge in [0.05, 0.1) is 0 Å². The molecule has 0 amide bonds. The molecule has 5 heteroatoms. The highest BCUT2D eigenvalue weighted by atomic mass is 16.6. The van der Waals surface area contributed by atoms with Gasteiger partial charge in [-0.2, -0.15) is 0 Å². The van der Waals surface area contributed by atoms with E-state index in [4.69, 9.17) is 4.84 Å². The Kier molecular flexibility index (Phi) is 2.66. The second-order valence-corrected chi connectivity index (χ2v) is 2.07. The van der Waals surface area contributed by atoms with Gasteiger partial charge in [-0.1, -0.05) is 0 Å². The fourth-order valence-electron chi connectivity index (χ4n) is 0.635. The number of hydrogen-bond donors (Lipinski definition) is 0. The standard InChI is InChI=1S/C5H10N4O/c1-9-3-2-4-10-8-7-6-5-9/h5H,2-4H2,1H3/b6-5-,8-7-. The molecule has 1 heterocycles. The van der Waals surface area contributed by atoms with Crippen molar-refractivity contribution in [2.75, 3.05) is 20.2 Å². The lowest BCUT2D eigenvalue weighted by molar-refractivity contribution is 0.119. The van der Waals surface area contributed by atoms with Crippen molar-refractivity contribution in [3.8, 4) is 0 Å². The summed E-state index contributed by atoms with van der Waals surface area (Å²) in [7, 11) is 1.93. The third-order valence-corrected chi connectivity index (χ3v) is 1.14. The first kappa shape index (κ1) is 6.98. The molecule has 0 bridgehead atoms. The van der Waals surface area contributed by atoms with E-state index in [-0.39, 0.29) is 0 Å². The summed E-state index contributed by atoms with van der Waals surface area (Å²) < 4.78 is 0. The zero-order valence-corrected chi connectivity index (χ0v) is 5.90. The van der Waals surface area contributed by atoms with Crippen molar-refractivity contribution in [3.05, 3.63) is 0 Å². The van der Waals surface area contributed by atoms with E-state index in [1.54, 1.807) is 6.34 Å². The average Bonchev–Trinajstić information content (AvgIpc) is 2.02. The molecule has 0 N–H and O–H groups in total. The fraction of sp³-hybridized carbons (Fsp3) is 0.800. The first-order valence-electron chi connectivity index (χ1n) is 3.15. The molecule has 0 saturated carbocycles. The van der Waals surface area contributed by atoms with Gasteiger partial charge in [0.1, 0.15) is 12.9 Å². The molecule has 0 spiro atoms. The van der Waals surface area contributed by atoms with Crippen molar-refractivity contribution >= 4 is 6.34 Å². The highest BCUT2D eigenvalue weighted by Gasteiger charge is 1.93. The summed E-state index contributed by atoms with van der Waals surface area (Å²) in [4.78, 5) is 6.66. The van der Waals surface area contributed by atoms with Crippen LogP contribution >= 0.6 is 0 Å². The van der Waals surface area contributed by atoms with Crippen molar-refractivity contribution in [2.24, 2.45) is 15.6 Å². The maximum absolute atomic E-state index is 4.72. The Bertz CT molecular complexity index is 145. The Labute approximate surface area is 59.3 Å². The normalized spacial score (nSPS) is 25.5. The summed E-state index contributed by atoms with van der Waals surface area (Å²) in [5.74, 6) is 0. The van der Waals surface area contributed by atoms with Gasteiger partial charge in [0, 0.05) is 25.3 Å². The molecule has 1 aliphatic heterocycles. The smallest absolute Gasteiger partial charge is 0.120 e. The summed E-state index contributed by atoms with van der Waals surface area (Å²) in [6.07, 6.45) is 2.57. The van der Waals surface area contributed by atoms with E-state index in [1.807, 2.05) is 11.9 Å². The molecule has 56 valence electrons. The lowest BCUT2D eigenvalue weighted by Crippen LogP contribution is -2.17. The van der Waals surface area contributed by atoms with Gasteiger partial charge >= 0.3 is 0 Å². The van der Waals surface area contributed by atoms with Gasteiger partial charge < -0.3 is 9.74 Å². The van der Waals surface area contributed by atoms with Crippen LogP contribution < -0.4 is 0 Å². The largest absolute Gasteiger partial charge is 0.378 e. The van der Waals surface area contributed by atoms with Crippen LogP contribution in [0.1, 0.15) is 6.42 Å². The van der Waals surface area contributed by atoms with Gasteiger partial charge in [0.2, 0.25) is 0 Å². The van der Waals surface area contributed by atoms with Gasteiger partial charge in [-0.25, -0.2) is 0 Å². The second kappa shape index (κ2) is 3.81. The van der Waals surface area contributed by atoms with Gasteiger partial charge in [-0.15, -0.1) is 5.10 Å². The molecule has 1 aliphatic rings. The van der Waals surface area contributed by atoms with Gasteiger partial charge in [0.15, 0.2) is 0 Å². The molecule has 0 saturated heterocycles. The lowest BCUT2D eigenvalue weighted by atomic mass is 10.4. The molecule has 0 aromatic rings. The zero-order chi connectivity index (χ0) is 7.23. The number of nitrogens with zero attached hydrogens (tertiary/aromatic N) is 4. The predicted octanol–water partition coefficient (Wildman–Crippen LogP) is 0.649. The molecule has 1 rings (SSSR count). The van der Waals surface area contributed by atoms with E-state index in [0.29, 0.717) is 6.61 Å². The fourth-order valence-corrected chi connectivity index (χ4v) is 0.635. The van der Waals surface area contributed by atoms with Crippen LogP contribution in [0.4, 0.5) is 0 Å². The lowest BCUT2D eigenvalue weighted by Gasteiger charge is -2.09. The Morgan fingerprint density at radius 2 is 2.50 bits per heavy atom. The Morgan fingerprint density at radius 3 is 3.40 bits per heavy atom. The van der Waals surface area contributed by atoms with Crippen molar-refractivity contribution in [3.63, 3.8) is 0 Å². The maximum atomic E-state index is 4.72. The second-order valence-electron chi connectivity index (χ2n) is 2.07. The van der Waals surface area contributed by atoms with Crippen LogP contribution in [-0.4, -0.2) is 31.4 Å². The summed E-state index contributed by atoms with van der Waals surface area (Å²) in [5, 5.41) is 10.3. The van der Waals surface area contributed by atoms with Crippen LogP contribution in [-0.2, 0) is 4.84 Å². The monoisotopic (exact) mass is 142 g/mol. The molecule has 0 aromatic heterocycles. The molecule has 10 heavy (non-hydrogen) atoms.